The fraction of sp³-hybridized carbons (Fsp3) is 0.462. The second kappa shape index (κ2) is 5.87. The van der Waals surface area contributed by atoms with E-state index in [9.17, 15) is 4.79 Å². The molecule has 0 aliphatic carbocycles. The highest BCUT2D eigenvalue weighted by atomic mass is 16.5. The molecule has 2 rings (SSSR count). The molecule has 7 nitrogen and oxygen atoms in total. The first-order valence-corrected chi connectivity index (χ1v) is 6.43. The average molecular weight is 277 g/mol. The molecule has 0 radical (unpaired) electrons. The first kappa shape index (κ1) is 14.3. The summed E-state index contributed by atoms with van der Waals surface area (Å²) < 4.78 is 8.38. The van der Waals surface area contributed by atoms with Gasteiger partial charge in [0.2, 0.25) is 0 Å². The molecule has 2 aromatic heterocycles. The van der Waals surface area contributed by atoms with Gasteiger partial charge >= 0.3 is 0 Å². The molecule has 0 saturated carbocycles. The summed E-state index contributed by atoms with van der Waals surface area (Å²) >= 11 is 0. The monoisotopic (exact) mass is 277 g/mol. The molecule has 0 aromatic carbocycles. The number of carbonyl (C=O) groups excluding carboxylic acids is 1. The number of aryl methyl sites for hydroxylation is 2. The zero-order valence-electron chi connectivity index (χ0n) is 12.2. The van der Waals surface area contributed by atoms with Gasteiger partial charge in [-0.3, -0.25) is 9.48 Å². The number of methoxy groups -OCH3 is 1. The highest BCUT2D eigenvalue weighted by Gasteiger charge is 2.18. The highest BCUT2D eigenvalue weighted by molar-refractivity contribution is 6.05. The van der Waals surface area contributed by atoms with Crippen molar-refractivity contribution in [3.8, 4) is 0 Å². The summed E-state index contributed by atoms with van der Waals surface area (Å²) in [6.45, 7) is 6.82. The van der Waals surface area contributed by atoms with Gasteiger partial charge in [0.25, 0.3) is 5.91 Å². The summed E-state index contributed by atoms with van der Waals surface area (Å²) in [4.78, 5) is 12.3. The predicted molar refractivity (Wildman–Crippen MR) is 74.6 cm³/mol. The molecule has 0 unspecified atom stereocenters. The Kier molecular flexibility index (Phi) is 4.19. The van der Waals surface area contributed by atoms with Crippen LogP contribution < -0.4 is 5.32 Å². The highest BCUT2D eigenvalue weighted by Crippen LogP contribution is 2.15. The number of nitrogens with zero attached hydrogens (tertiary/aromatic N) is 4. The van der Waals surface area contributed by atoms with Gasteiger partial charge in [0, 0.05) is 19.3 Å². The zero-order valence-corrected chi connectivity index (χ0v) is 12.2. The van der Waals surface area contributed by atoms with E-state index in [0.29, 0.717) is 18.0 Å². The lowest BCUT2D eigenvalue weighted by molar-refractivity contribution is 0.102. The van der Waals surface area contributed by atoms with E-state index in [1.807, 2.05) is 25.5 Å². The Bertz CT molecular complexity index is 614. The van der Waals surface area contributed by atoms with E-state index in [1.165, 1.54) is 0 Å². The molecule has 0 fully saturated rings. The quantitative estimate of drug-likeness (QED) is 0.900. The van der Waals surface area contributed by atoms with Crippen LogP contribution in [0.5, 0.6) is 0 Å². The van der Waals surface area contributed by atoms with Crippen molar-refractivity contribution in [3.63, 3.8) is 0 Å². The molecule has 108 valence electrons. The van der Waals surface area contributed by atoms with E-state index in [4.69, 9.17) is 4.74 Å². The third-order valence-corrected chi connectivity index (χ3v) is 3.06. The fourth-order valence-electron chi connectivity index (χ4n) is 2.16. The largest absolute Gasteiger partial charge is 0.362 e. The maximum absolute atomic E-state index is 12.3. The summed E-state index contributed by atoms with van der Waals surface area (Å²) in [5.74, 6) is -0.170. The summed E-state index contributed by atoms with van der Waals surface area (Å²) in [6, 6.07) is 0. The average Bonchev–Trinajstić information content (AvgIpc) is 2.94. The van der Waals surface area contributed by atoms with E-state index in [0.717, 1.165) is 17.9 Å². The summed E-state index contributed by atoms with van der Waals surface area (Å²) in [5, 5.41) is 11.2. The van der Waals surface area contributed by atoms with Gasteiger partial charge < -0.3 is 10.1 Å². The van der Waals surface area contributed by atoms with Crippen molar-refractivity contribution in [2.24, 2.45) is 0 Å². The summed E-state index contributed by atoms with van der Waals surface area (Å²) in [5.41, 5.74) is 2.85. The van der Waals surface area contributed by atoms with Crippen LogP contribution in [0.25, 0.3) is 0 Å². The molecule has 0 aliphatic heterocycles. The van der Waals surface area contributed by atoms with Crippen LogP contribution >= 0.6 is 0 Å². The van der Waals surface area contributed by atoms with E-state index in [1.54, 1.807) is 24.2 Å². The van der Waals surface area contributed by atoms with Crippen molar-refractivity contribution in [2.75, 3.05) is 12.4 Å². The molecule has 2 aromatic rings. The van der Waals surface area contributed by atoms with Crippen LogP contribution in [-0.4, -0.2) is 32.6 Å². The zero-order chi connectivity index (χ0) is 14.7. The molecular formula is C13H19N5O2. The van der Waals surface area contributed by atoms with Gasteiger partial charge in [-0.25, -0.2) is 4.68 Å². The van der Waals surface area contributed by atoms with Gasteiger partial charge in [-0.2, -0.15) is 10.2 Å². The normalized spacial score (nSPS) is 10.8. The van der Waals surface area contributed by atoms with E-state index in [-0.39, 0.29) is 5.91 Å². The number of hydrogen-bond donors (Lipinski definition) is 1. The number of amides is 1. The predicted octanol–water partition coefficient (Wildman–Crippen LogP) is 1.57. The standard InChI is InChI=1S/C13H19N5O2/c1-5-18-10(3)12(9(2)16-18)13(19)15-11-6-14-17(7-11)8-20-4/h6-7H,5,8H2,1-4H3,(H,15,19). The van der Waals surface area contributed by atoms with E-state index < -0.39 is 0 Å². The Morgan fingerprint density at radius 1 is 1.45 bits per heavy atom. The van der Waals surface area contributed by atoms with Crippen LogP contribution in [0.15, 0.2) is 12.4 Å². The number of carbonyl (C=O) groups is 1. The van der Waals surface area contributed by atoms with Gasteiger partial charge in [-0.15, -0.1) is 0 Å². The molecule has 2 heterocycles. The fourth-order valence-corrected chi connectivity index (χ4v) is 2.16. The maximum Gasteiger partial charge on any atom is 0.259 e. The third-order valence-electron chi connectivity index (χ3n) is 3.06. The summed E-state index contributed by atoms with van der Waals surface area (Å²) in [7, 11) is 1.59. The van der Waals surface area contributed by atoms with Crippen molar-refractivity contribution in [3.05, 3.63) is 29.3 Å². The smallest absolute Gasteiger partial charge is 0.259 e. The maximum atomic E-state index is 12.3. The molecule has 0 bridgehead atoms. The number of anilines is 1. The van der Waals surface area contributed by atoms with Gasteiger partial charge in [-0.1, -0.05) is 0 Å². The lowest BCUT2D eigenvalue weighted by atomic mass is 10.2. The second-order valence-corrected chi connectivity index (χ2v) is 4.50. The van der Waals surface area contributed by atoms with Gasteiger partial charge in [-0.05, 0) is 20.8 Å². The minimum atomic E-state index is -0.170. The van der Waals surface area contributed by atoms with Gasteiger partial charge in [0.05, 0.1) is 29.3 Å². The van der Waals surface area contributed by atoms with Gasteiger partial charge in [0.1, 0.15) is 6.73 Å². The number of aromatic nitrogens is 4. The Hall–Kier alpha value is -2.15. The minimum Gasteiger partial charge on any atom is -0.362 e. The Morgan fingerprint density at radius 2 is 2.20 bits per heavy atom. The molecule has 0 aliphatic rings. The molecule has 0 saturated heterocycles. The first-order chi connectivity index (χ1) is 9.56. The van der Waals surface area contributed by atoms with Crippen molar-refractivity contribution in [1.29, 1.82) is 0 Å². The number of rotatable bonds is 5. The van der Waals surface area contributed by atoms with Crippen molar-refractivity contribution in [1.82, 2.24) is 19.6 Å². The molecule has 20 heavy (non-hydrogen) atoms. The molecule has 1 N–H and O–H groups in total. The molecule has 0 atom stereocenters. The number of nitrogens with one attached hydrogen (secondary N) is 1. The second-order valence-electron chi connectivity index (χ2n) is 4.50. The van der Waals surface area contributed by atoms with Crippen LogP contribution in [0.2, 0.25) is 0 Å². The lowest BCUT2D eigenvalue weighted by Crippen LogP contribution is -2.14. The first-order valence-electron chi connectivity index (χ1n) is 6.43. The van der Waals surface area contributed by atoms with Crippen LogP contribution in [0.3, 0.4) is 0 Å². The molecular weight excluding hydrogens is 258 g/mol. The molecule has 0 spiro atoms. The van der Waals surface area contributed by atoms with E-state index in [2.05, 4.69) is 15.5 Å². The number of ether oxygens (including phenoxy) is 1. The molecule has 7 heteroatoms. The van der Waals surface area contributed by atoms with Crippen LogP contribution in [0.4, 0.5) is 5.69 Å². The topological polar surface area (TPSA) is 74.0 Å². The van der Waals surface area contributed by atoms with Crippen molar-refractivity contribution < 1.29 is 9.53 Å². The third kappa shape index (κ3) is 2.72. The van der Waals surface area contributed by atoms with Crippen LogP contribution in [0.1, 0.15) is 28.7 Å². The Morgan fingerprint density at radius 3 is 2.80 bits per heavy atom. The Labute approximate surface area is 117 Å². The summed E-state index contributed by atoms with van der Waals surface area (Å²) in [6.07, 6.45) is 3.31. The lowest BCUT2D eigenvalue weighted by Gasteiger charge is -2.03. The van der Waals surface area contributed by atoms with Gasteiger partial charge in [0.15, 0.2) is 0 Å². The number of hydrogen-bond acceptors (Lipinski definition) is 4. The van der Waals surface area contributed by atoms with Crippen LogP contribution in [0, 0.1) is 13.8 Å². The van der Waals surface area contributed by atoms with Crippen molar-refractivity contribution >= 4 is 11.6 Å². The molecule has 1 amide bonds. The van der Waals surface area contributed by atoms with Crippen LogP contribution in [-0.2, 0) is 18.0 Å². The van der Waals surface area contributed by atoms with Crippen molar-refractivity contribution in [2.45, 2.75) is 34.0 Å². The Balaban J connectivity index is 2.17. The SMILES string of the molecule is CCn1nc(C)c(C(=O)Nc2cnn(COC)c2)c1C. The minimum absolute atomic E-state index is 0.170. The van der Waals surface area contributed by atoms with E-state index >= 15 is 0 Å².